The van der Waals surface area contributed by atoms with Gasteiger partial charge in [-0.1, -0.05) is 18.2 Å². The molecule has 1 aliphatic heterocycles. The second-order valence-electron chi connectivity index (χ2n) is 9.65. The topological polar surface area (TPSA) is 101 Å². The van der Waals surface area contributed by atoms with Gasteiger partial charge in [-0.3, -0.25) is 9.69 Å². The Balaban J connectivity index is 1.43. The second-order valence-corrected chi connectivity index (χ2v) is 10.5. The molecule has 0 radical (unpaired) electrons. The number of rotatable bonds is 11. The first-order valence-corrected chi connectivity index (χ1v) is 13.4. The maximum Gasteiger partial charge on any atom is 0.306 e. The van der Waals surface area contributed by atoms with E-state index in [0.717, 1.165) is 47.4 Å². The number of aryl methyl sites for hydroxylation is 1. The molecule has 2 aromatic carbocycles. The number of anilines is 2. The third kappa shape index (κ3) is 7.00. The Morgan fingerprint density at radius 2 is 2.03 bits per heavy atom. The number of carboxylic acid groups (broad SMARTS) is 1. The fraction of sp³-hybridized carbons (Fsp3) is 0.429. The number of ether oxygens (including phenoxy) is 2. The minimum Gasteiger partial charge on any atom is -0.488 e. The number of carboxylic acids is 1. The average molecular weight is 525 g/mol. The maximum absolute atomic E-state index is 11.3. The molecule has 1 aromatic heterocycles. The van der Waals surface area contributed by atoms with Crippen molar-refractivity contribution < 1.29 is 19.4 Å². The van der Waals surface area contributed by atoms with E-state index in [0.29, 0.717) is 38.2 Å². The highest BCUT2D eigenvalue weighted by atomic mass is 32.1. The number of nitrogens with zero attached hydrogens (tertiary/aromatic N) is 3. The number of aromatic nitrogens is 1. The van der Waals surface area contributed by atoms with Crippen LogP contribution < -0.4 is 15.4 Å². The zero-order valence-electron chi connectivity index (χ0n) is 21.8. The molecule has 9 heteroatoms. The Labute approximate surface area is 222 Å². The molecule has 3 aromatic rings. The van der Waals surface area contributed by atoms with Crippen LogP contribution in [0.15, 0.2) is 41.8 Å². The lowest BCUT2D eigenvalue weighted by Crippen LogP contribution is -2.36. The van der Waals surface area contributed by atoms with Crippen molar-refractivity contribution in [2.24, 2.45) is 5.92 Å². The molecule has 1 aliphatic rings. The smallest absolute Gasteiger partial charge is 0.306 e. The molecule has 2 heterocycles. The van der Waals surface area contributed by atoms with E-state index in [9.17, 15) is 9.90 Å². The van der Waals surface area contributed by atoms with E-state index in [4.69, 9.17) is 20.2 Å². The zero-order chi connectivity index (χ0) is 26.4. The van der Waals surface area contributed by atoms with Crippen LogP contribution >= 0.6 is 11.3 Å². The van der Waals surface area contributed by atoms with Gasteiger partial charge in [-0.05, 0) is 61.7 Å². The molecule has 0 unspecified atom stereocenters. The lowest BCUT2D eigenvalue weighted by atomic mass is 9.97. The minimum absolute atomic E-state index is 0.265. The molecule has 0 aliphatic carbocycles. The van der Waals surface area contributed by atoms with Crippen LogP contribution in [0.2, 0.25) is 0 Å². The molecule has 0 atom stereocenters. The second kappa shape index (κ2) is 12.4. The van der Waals surface area contributed by atoms with Gasteiger partial charge in [-0.25, -0.2) is 4.98 Å². The van der Waals surface area contributed by atoms with Crippen LogP contribution in [0.4, 0.5) is 10.8 Å². The molecule has 0 amide bonds. The van der Waals surface area contributed by atoms with Crippen molar-refractivity contribution in [2.75, 3.05) is 51.0 Å². The van der Waals surface area contributed by atoms with Gasteiger partial charge in [0, 0.05) is 49.9 Å². The summed E-state index contributed by atoms with van der Waals surface area (Å²) < 4.78 is 11.5. The van der Waals surface area contributed by atoms with Crippen LogP contribution in [0.1, 0.15) is 29.5 Å². The SMILES string of the molecule is COCCN(C)Cc1ccc(COc2ccc(N)cc2-c2csc(N3CCC(C(=O)O)CC3)n2)c(C)c1. The Morgan fingerprint density at radius 1 is 1.24 bits per heavy atom. The van der Waals surface area contributed by atoms with Crippen LogP contribution in [-0.4, -0.2) is 61.4 Å². The lowest BCUT2D eigenvalue weighted by Gasteiger charge is -2.29. The molecule has 8 nitrogen and oxygen atoms in total. The molecular formula is C28H36N4O4S. The number of carbonyl (C=O) groups is 1. The molecule has 3 N–H and O–H groups in total. The molecular weight excluding hydrogens is 488 g/mol. The third-order valence-electron chi connectivity index (χ3n) is 6.81. The van der Waals surface area contributed by atoms with Gasteiger partial charge in [-0.15, -0.1) is 11.3 Å². The van der Waals surface area contributed by atoms with Gasteiger partial charge >= 0.3 is 5.97 Å². The molecule has 0 saturated carbocycles. The summed E-state index contributed by atoms with van der Waals surface area (Å²) in [5.74, 6) is -0.238. The molecule has 0 bridgehead atoms. The van der Waals surface area contributed by atoms with E-state index >= 15 is 0 Å². The first-order chi connectivity index (χ1) is 17.8. The summed E-state index contributed by atoms with van der Waals surface area (Å²) in [7, 11) is 3.81. The number of nitrogens with two attached hydrogens (primary N) is 1. The third-order valence-corrected chi connectivity index (χ3v) is 7.71. The number of piperidine rings is 1. The maximum atomic E-state index is 11.3. The summed E-state index contributed by atoms with van der Waals surface area (Å²) in [5.41, 5.74) is 12.0. The van der Waals surface area contributed by atoms with Gasteiger partial charge < -0.3 is 25.2 Å². The van der Waals surface area contributed by atoms with Gasteiger partial charge in [-0.2, -0.15) is 0 Å². The molecule has 198 valence electrons. The van der Waals surface area contributed by atoms with Crippen molar-refractivity contribution in [1.29, 1.82) is 0 Å². The Kier molecular flexibility index (Phi) is 9.02. The normalized spacial score (nSPS) is 14.3. The van der Waals surface area contributed by atoms with E-state index in [-0.39, 0.29) is 5.92 Å². The van der Waals surface area contributed by atoms with Crippen molar-refractivity contribution in [2.45, 2.75) is 32.9 Å². The quantitative estimate of drug-likeness (QED) is 0.349. The molecule has 1 saturated heterocycles. The highest BCUT2D eigenvalue weighted by molar-refractivity contribution is 7.14. The van der Waals surface area contributed by atoms with Gasteiger partial charge in [0.1, 0.15) is 12.4 Å². The van der Waals surface area contributed by atoms with E-state index in [1.807, 2.05) is 23.6 Å². The summed E-state index contributed by atoms with van der Waals surface area (Å²) in [5, 5.41) is 12.2. The van der Waals surface area contributed by atoms with Gasteiger partial charge in [0.15, 0.2) is 5.13 Å². The van der Waals surface area contributed by atoms with E-state index in [1.54, 1.807) is 18.4 Å². The minimum atomic E-state index is -0.708. The lowest BCUT2D eigenvalue weighted by molar-refractivity contribution is -0.142. The average Bonchev–Trinajstić information content (AvgIpc) is 3.38. The van der Waals surface area contributed by atoms with E-state index < -0.39 is 5.97 Å². The molecule has 0 spiro atoms. The van der Waals surface area contributed by atoms with Gasteiger partial charge in [0.25, 0.3) is 0 Å². The predicted octanol–water partition coefficient (Wildman–Crippen LogP) is 4.66. The van der Waals surface area contributed by atoms with Crippen molar-refractivity contribution in [3.05, 3.63) is 58.5 Å². The number of thiazole rings is 1. The van der Waals surface area contributed by atoms with Crippen molar-refractivity contribution in [3.8, 4) is 17.0 Å². The predicted molar refractivity (Wildman–Crippen MR) is 148 cm³/mol. The summed E-state index contributed by atoms with van der Waals surface area (Å²) in [6, 6.07) is 12.1. The number of nitrogen functional groups attached to an aromatic ring is 1. The number of likely N-dealkylation sites (N-methyl/N-ethyl adjacent to an activating group) is 1. The number of hydrogen-bond donors (Lipinski definition) is 2. The Hall–Kier alpha value is -3.14. The molecule has 37 heavy (non-hydrogen) atoms. The standard InChI is InChI=1S/C28H36N4O4S/c1-19-14-20(16-31(2)12-13-35-3)4-5-22(19)17-36-26-7-6-23(29)15-24(26)25-18-37-28(30-25)32-10-8-21(9-11-32)27(33)34/h4-7,14-15,18,21H,8-13,16-17,29H2,1-3H3,(H,33,34). The number of methoxy groups -OCH3 is 1. The number of benzene rings is 2. The van der Waals surface area contributed by atoms with Gasteiger partial charge in [0.2, 0.25) is 0 Å². The monoisotopic (exact) mass is 524 g/mol. The van der Waals surface area contributed by atoms with Gasteiger partial charge in [0.05, 0.1) is 18.2 Å². The highest BCUT2D eigenvalue weighted by Gasteiger charge is 2.26. The van der Waals surface area contributed by atoms with Crippen LogP contribution in [0.3, 0.4) is 0 Å². The highest BCUT2D eigenvalue weighted by Crippen LogP contribution is 2.36. The summed E-state index contributed by atoms with van der Waals surface area (Å²) >= 11 is 1.56. The van der Waals surface area contributed by atoms with E-state index in [2.05, 4.69) is 42.0 Å². The Morgan fingerprint density at radius 3 is 2.73 bits per heavy atom. The van der Waals surface area contributed by atoms with Crippen molar-refractivity contribution in [3.63, 3.8) is 0 Å². The number of aliphatic carboxylic acids is 1. The van der Waals surface area contributed by atoms with Crippen molar-refractivity contribution >= 4 is 28.1 Å². The first kappa shape index (κ1) is 26.9. The fourth-order valence-corrected chi connectivity index (χ4v) is 5.42. The van der Waals surface area contributed by atoms with Crippen LogP contribution in [-0.2, 0) is 22.7 Å². The van der Waals surface area contributed by atoms with Crippen LogP contribution in [0, 0.1) is 12.8 Å². The van der Waals surface area contributed by atoms with Crippen LogP contribution in [0.25, 0.3) is 11.3 Å². The largest absolute Gasteiger partial charge is 0.488 e. The Bertz CT molecular complexity index is 1210. The fourth-order valence-electron chi connectivity index (χ4n) is 4.54. The molecule has 4 rings (SSSR count). The molecule has 1 fully saturated rings. The summed E-state index contributed by atoms with van der Waals surface area (Å²) in [6.07, 6.45) is 1.27. The van der Waals surface area contributed by atoms with Crippen LogP contribution in [0.5, 0.6) is 5.75 Å². The number of hydrogen-bond acceptors (Lipinski definition) is 8. The van der Waals surface area contributed by atoms with E-state index in [1.165, 1.54) is 11.1 Å². The first-order valence-electron chi connectivity index (χ1n) is 12.6. The summed E-state index contributed by atoms with van der Waals surface area (Å²) in [6.45, 7) is 6.43. The zero-order valence-corrected chi connectivity index (χ0v) is 22.6. The van der Waals surface area contributed by atoms with Crippen molar-refractivity contribution in [1.82, 2.24) is 9.88 Å². The summed E-state index contributed by atoms with van der Waals surface area (Å²) in [4.78, 5) is 20.5.